The summed E-state index contributed by atoms with van der Waals surface area (Å²) in [7, 11) is 0. The highest BCUT2D eigenvalue weighted by Crippen LogP contribution is 2.35. The SMILES string of the molecule is O=C(c1cccc(NC2=C(Cl)C(=O)N(c3cc(Cl)ccc3Cl)C2=O)c1)N1CCCCCC1. The molecule has 1 N–H and O–H groups in total. The Kier molecular flexibility index (Phi) is 6.74. The van der Waals surface area contributed by atoms with Crippen molar-refractivity contribution in [3.8, 4) is 0 Å². The van der Waals surface area contributed by atoms with Gasteiger partial charge in [-0.05, 0) is 49.2 Å². The number of nitrogens with one attached hydrogen (secondary N) is 1. The Hall–Kier alpha value is -2.54. The molecule has 2 heterocycles. The third-order valence-electron chi connectivity index (χ3n) is 5.45. The summed E-state index contributed by atoms with van der Waals surface area (Å²) in [4.78, 5) is 41.4. The quantitative estimate of drug-likeness (QED) is 0.577. The minimum atomic E-state index is -0.708. The van der Waals surface area contributed by atoms with Crippen LogP contribution < -0.4 is 10.2 Å². The fourth-order valence-electron chi connectivity index (χ4n) is 3.82. The number of carbonyl (C=O) groups is 3. The normalized spacial score (nSPS) is 17.1. The summed E-state index contributed by atoms with van der Waals surface area (Å²) in [5, 5.41) is 3.14. The molecule has 2 aromatic rings. The number of halogens is 3. The number of nitrogens with zero attached hydrogens (tertiary/aromatic N) is 2. The minimum Gasteiger partial charge on any atom is -0.350 e. The van der Waals surface area contributed by atoms with E-state index < -0.39 is 11.8 Å². The lowest BCUT2D eigenvalue weighted by atomic mass is 10.1. The molecular weight excluding hydrogens is 473 g/mol. The average molecular weight is 493 g/mol. The molecule has 9 heteroatoms. The molecular formula is C23H20Cl3N3O3. The summed E-state index contributed by atoms with van der Waals surface area (Å²) < 4.78 is 0. The van der Waals surface area contributed by atoms with E-state index in [0.717, 1.165) is 43.7 Å². The molecule has 2 aliphatic rings. The molecule has 6 nitrogen and oxygen atoms in total. The summed E-state index contributed by atoms with van der Waals surface area (Å²) in [6.45, 7) is 1.46. The van der Waals surface area contributed by atoms with Gasteiger partial charge in [0.05, 0.1) is 10.7 Å². The van der Waals surface area contributed by atoms with Gasteiger partial charge in [0.2, 0.25) is 0 Å². The van der Waals surface area contributed by atoms with Gasteiger partial charge in [-0.2, -0.15) is 0 Å². The van der Waals surface area contributed by atoms with Gasteiger partial charge in [0, 0.05) is 29.4 Å². The number of hydrogen-bond acceptors (Lipinski definition) is 4. The van der Waals surface area contributed by atoms with E-state index in [1.165, 1.54) is 12.1 Å². The van der Waals surface area contributed by atoms with Crippen LogP contribution in [0.2, 0.25) is 10.0 Å². The molecule has 166 valence electrons. The number of benzene rings is 2. The summed E-state index contributed by atoms with van der Waals surface area (Å²) in [5.74, 6) is -1.43. The third kappa shape index (κ3) is 4.49. The number of amides is 3. The van der Waals surface area contributed by atoms with E-state index in [-0.39, 0.29) is 27.3 Å². The molecule has 0 saturated carbocycles. The second-order valence-electron chi connectivity index (χ2n) is 7.64. The summed E-state index contributed by atoms with van der Waals surface area (Å²) >= 11 is 18.4. The number of carbonyl (C=O) groups excluding carboxylic acids is 3. The Morgan fingerprint density at radius 2 is 1.59 bits per heavy atom. The largest absolute Gasteiger partial charge is 0.350 e. The van der Waals surface area contributed by atoms with Gasteiger partial charge in [0.25, 0.3) is 17.7 Å². The maximum absolute atomic E-state index is 13.0. The topological polar surface area (TPSA) is 69.7 Å². The zero-order chi connectivity index (χ0) is 22.8. The molecule has 1 saturated heterocycles. The van der Waals surface area contributed by atoms with Crippen LogP contribution in [0.3, 0.4) is 0 Å². The van der Waals surface area contributed by atoms with Crippen LogP contribution in [0.5, 0.6) is 0 Å². The third-order valence-corrected chi connectivity index (χ3v) is 6.35. The number of imide groups is 1. The predicted molar refractivity (Wildman–Crippen MR) is 126 cm³/mol. The van der Waals surface area contributed by atoms with Crippen molar-refractivity contribution >= 4 is 63.9 Å². The highest BCUT2D eigenvalue weighted by atomic mass is 35.5. The van der Waals surface area contributed by atoms with Gasteiger partial charge in [-0.15, -0.1) is 0 Å². The first kappa shape index (κ1) is 22.6. The average Bonchev–Trinajstić information content (AvgIpc) is 2.99. The van der Waals surface area contributed by atoms with E-state index in [9.17, 15) is 14.4 Å². The molecule has 0 atom stereocenters. The van der Waals surface area contributed by atoms with E-state index in [1.807, 2.05) is 4.90 Å². The van der Waals surface area contributed by atoms with Crippen LogP contribution in [-0.2, 0) is 9.59 Å². The van der Waals surface area contributed by atoms with E-state index >= 15 is 0 Å². The van der Waals surface area contributed by atoms with Crippen LogP contribution in [0.25, 0.3) is 0 Å². The lowest BCUT2D eigenvalue weighted by Crippen LogP contribution is -2.32. The van der Waals surface area contributed by atoms with Gasteiger partial charge in [-0.1, -0.05) is 53.7 Å². The first-order chi connectivity index (χ1) is 15.4. The molecule has 32 heavy (non-hydrogen) atoms. The molecule has 2 aliphatic heterocycles. The molecule has 1 fully saturated rings. The van der Waals surface area contributed by atoms with Gasteiger partial charge >= 0.3 is 0 Å². The van der Waals surface area contributed by atoms with E-state index in [0.29, 0.717) is 16.3 Å². The van der Waals surface area contributed by atoms with Crippen molar-refractivity contribution in [3.05, 3.63) is 68.8 Å². The van der Waals surface area contributed by atoms with Gasteiger partial charge in [-0.25, -0.2) is 4.90 Å². The van der Waals surface area contributed by atoms with Crippen LogP contribution >= 0.6 is 34.8 Å². The second kappa shape index (κ2) is 9.53. The van der Waals surface area contributed by atoms with Gasteiger partial charge in [-0.3, -0.25) is 14.4 Å². The monoisotopic (exact) mass is 491 g/mol. The maximum atomic E-state index is 13.0. The van der Waals surface area contributed by atoms with Crippen molar-refractivity contribution in [2.45, 2.75) is 25.7 Å². The molecule has 0 radical (unpaired) electrons. The summed E-state index contributed by atoms with van der Waals surface area (Å²) in [6.07, 6.45) is 4.23. The molecule has 2 aromatic carbocycles. The first-order valence-corrected chi connectivity index (χ1v) is 11.4. The molecule has 4 rings (SSSR count). The predicted octanol–water partition coefficient (Wildman–Crippen LogP) is 5.45. The lowest BCUT2D eigenvalue weighted by molar-refractivity contribution is -0.120. The summed E-state index contributed by atoms with van der Waals surface area (Å²) in [6, 6.07) is 11.3. The first-order valence-electron chi connectivity index (χ1n) is 10.3. The number of hydrogen-bond donors (Lipinski definition) is 1. The van der Waals surface area contributed by atoms with E-state index in [2.05, 4.69) is 5.32 Å². The van der Waals surface area contributed by atoms with Crippen LogP contribution in [0.1, 0.15) is 36.0 Å². The van der Waals surface area contributed by atoms with Crippen molar-refractivity contribution in [2.24, 2.45) is 0 Å². The second-order valence-corrected chi connectivity index (χ2v) is 8.86. The van der Waals surface area contributed by atoms with Gasteiger partial charge in [0.15, 0.2) is 0 Å². The number of anilines is 2. The Labute approximate surface area is 200 Å². The maximum Gasteiger partial charge on any atom is 0.283 e. The minimum absolute atomic E-state index is 0.0585. The van der Waals surface area contributed by atoms with Crippen molar-refractivity contribution < 1.29 is 14.4 Å². The standard InChI is InChI=1S/C23H20Cl3N3O3/c24-15-8-9-17(25)18(13-15)29-22(31)19(26)20(23(29)32)27-16-7-5-6-14(12-16)21(30)28-10-3-1-2-4-11-28/h5-9,12-13,27H,1-4,10-11H2. The Bertz CT molecular complexity index is 1120. The van der Waals surface area contributed by atoms with Gasteiger partial charge in [0.1, 0.15) is 10.7 Å². The van der Waals surface area contributed by atoms with Crippen molar-refractivity contribution in [3.63, 3.8) is 0 Å². The Balaban J connectivity index is 1.57. The zero-order valence-corrected chi connectivity index (χ0v) is 19.3. The van der Waals surface area contributed by atoms with Crippen LogP contribution in [0.4, 0.5) is 11.4 Å². The van der Waals surface area contributed by atoms with Crippen LogP contribution in [0, 0.1) is 0 Å². The fraction of sp³-hybridized carbons (Fsp3) is 0.261. The lowest BCUT2D eigenvalue weighted by Gasteiger charge is -2.20. The molecule has 0 spiro atoms. The number of rotatable bonds is 4. The highest BCUT2D eigenvalue weighted by Gasteiger charge is 2.40. The van der Waals surface area contributed by atoms with Crippen LogP contribution in [0.15, 0.2) is 53.2 Å². The van der Waals surface area contributed by atoms with Crippen LogP contribution in [-0.4, -0.2) is 35.7 Å². The zero-order valence-electron chi connectivity index (χ0n) is 17.0. The molecule has 3 amide bonds. The van der Waals surface area contributed by atoms with E-state index in [1.54, 1.807) is 30.3 Å². The summed E-state index contributed by atoms with van der Waals surface area (Å²) in [5.41, 5.74) is 1.03. The Morgan fingerprint density at radius 3 is 2.31 bits per heavy atom. The van der Waals surface area contributed by atoms with Crippen molar-refractivity contribution in [1.82, 2.24) is 4.90 Å². The van der Waals surface area contributed by atoms with Crippen molar-refractivity contribution in [1.29, 1.82) is 0 Å². The molecule has 0 unspecified atom stereocenters. The molecule has 0 aliphatic carbocycles. The highest BCUT2D eigenvalue weighted by molar-refractivity contribution is 6.54. The van der Waals surface area contributed by atoms with Gasteiger partial charge < -0.3 is 10.2 Å². The number of likely N-dealkylation sites (tertiary alicyclic amines) is 1. The molecule has 0 aromatic heterocycles. The smallest absolute Gasteiger partial charge is 0.283 e. The van der Waals surface area contributed by atoms with E-state index in [4.69, 9.17) is 34.8 Å². The molecule has 0 bridgehead atoms. The fourth-order valence-corrected chi connectivity index (χ4v) is 4.40. The van der Waals surface area contributed by atoms with Crippen molar-refractivity contribution in [2.75, 3.05) is 23.3 Å². The Morgan fingerprint density at radius 1 is 0.875 bits per heavy atom.